The normalized spacial score (nSPS) is 20.5. The van der Waals surface area contributed by atoms with Crippen LogP contribution in [-0.4, -0.2) is 11.8 Å². The highest BCUT2D eigenvalue weighted by Crippen LogP contribution is 2.36. The Labute approximate surface area is 197 Å². The first-order valence-corrected chi connectivity index (χ1v) is 12.1. The number of rotatable bonds is 5. The van der Waals surface area contributed by atoms with E-state index in [1.807, 2.05) is 38.1 Å². The molecule has 0 heterocycles. The monoisotopic (exact) mass is 442 g/mol. The van der Waals surface area contributed by atoms with Gasteiger partial charge in [0.15, 0.2) is 0 Å². The third-order valence-corrected chi connectivity index (χ3v) is 7.18. The number of carbonyl (C=O) groups excluding carboxylic acids is 2. The summed E-state index contributed by atoms with van der Waals surface area (Å²) in [5.41, 5.74) is 6.68. The fourth-order valence-corrected chi connectivity index (χ4v) is 4.75. The molecule has 0 aliphatic heterocycles. The second kappa shape index (κ2) is 10.2. The third-order valence-electron chi connectivity index (χ3n) is 7.18. The van der Waals surface area contributed by atoms with E-state index in [0.717, 1.165) is 35.6 Å². The number of anilines is 2. The molecular formula is C29H34N2O2. The molecule has 2 aliphatic carbocycles. The van der Waals surface area contributed by atoms with Gasteiger partial charge in [0.25, 0.3) is 11.8 Å². The van der Waals surface area contributed by atoms with Crippen LogP contribution in [0.25, 0.3) is 0 Å². The lowest BCUT2D eigenvalue weighted by atomic mass is 9.76. The van der Waals surface area contributed by atoms with E-state index < -0.39 is 0 Å². The average molecular weight is 443 g/mol. The van der Waals surface area contributed by atoms with Crippen molar-refractivity contribution in [3.05, 3.63) is 82.5 Å². The van der Waals surface area contributed by atoms with E-state index in [0.29, 0.717) is 17.2 Å². The van der Waals surface area contributed by atoms with Crippen molar-refractivity contribution in [2.24, 2.45) is 11.8 Å². The van der Waals surface area contributed by atoms with E-state index >= 15 is 0 Å². The van der Waals surface area contributed by atoms with E-state index in [4.69, 9.17) is 0 Å². The molecule has 0 unspecified atom stereocenters. The van der Waals surface area contributed by atoms with E-state index in [9.17, 15) is 9.59 Å². The lowest BCUT2D eigenvalue weighted by Gasteiger charge is -2.29. The van der Waals surface area contributed by atoms with Gasteiger partial charge < -0.3 is 10.6 Å². The van der Waals surface area contributed by atoms with E-state index in [-0.39, 0.29) is 11.8 Å². The van der Waals surface area contributed by atoms with Gasteiger partial charge in [-0.2, -0.15) is 0 Å². The number of carbonyl (C=O) groups is 2. The maximum atomic E-state index is 12.7. The Kier molecular flexibility index (Phi) is 7.12. The average Bonchev–Trinajstić information content (AvgIpc) is 2.82. The molecule has 2 aromatic rings. The number of amides is 2. The fraction of sp³-hybridized carbons (Fsp3) is 0.379. The maximum absolute atomic E-state index is 12.7. The lowest BCUT2D eigenvalue weighted by Crippen LogP contribution is -2.19. The summed E-state index contributed by atoms with van der Waals surface area (Å²) < 4.78 is 0. The van der Waals surface area contributed by atoms with Crippen LogP contribution >= 0.6 is 0 Å². The first-order chi connectivity index (χ1) is 15.9. The zero-order chi connectivity index (χ0) is 23.4. The van der Waals surface area contributed by atoms with E-state index in [1.54, 1.807) is 24.3 Å². The second-order valence-electron chi connectivity index (χ2n) is 9.67. The highest BCUT2D eigenvalue weighted by Gasteiger charge is 2.23. The van der Waals surface area contributed by atoms with Crippen LogP contribution in [0.15, 0.2) is 65.8 Å². The van der Waals surface area contributed by atoms with Crippen LogP contribution in [0.5, 0.6) is 0 Å². The van der Waals surface area contributed by atoms with Crippen molar-refractivity contribution in [3.8, 4) is 0 Å². The van der Waals surface area contributed by atoms with Gasteiger partial charge in [-0.05, 0) is 98.9 Å². The zero-order valence-electron chi connectivity index (χ0n) is 19.9. The number of hydrogen-bond acceptors (Lipinski definition) is 2. The standard InChI is InChI=1S/C29H34N2O2/c1-19-4-7-22(8-5-19)23-9-11-24(12-10-23)28(32)30-26-16-13-25(14-17-26)29(33)31-27-15-6-20(2)21(3)18-27/h6,9,11,13-19,22H,4-5,7-8,10,12H2,1-3H3,(H,30,32)(H,31,33). The molecule has 0 radical (unpaired) electrons. The van der Waals surface area contributed by atoms with Gasteiger partial charge in [0.1, 0.15) is 0 Å². The minimum absolute atomic E-state index is 0.0603. The van der Waals surface area contributed by atoms with Crippen LogP contribution in [0.2, 0.25) is 0 Å². The predicted molar refractivity (Wildman–Crippen MR) is 135 cm³/mol. The Morgan fingerprint density at radius 1 is 0.758 bits per heavy atom. The van der Waals surface area contributed by atoms with Crippen molar-refractivity contribution in [1.82, 2.24) is 0 Å². The van der Waals surface area contributed by atoms with E-state index in [1.165, 1.54) is 36.8 Å². The van der Waals surface area contributed by atoms with Crippen LogP contribution < -0.4 is 10.6 Å². The summed E-state index contributed by atoms with van der Waals surface area (Å²) in [6, 6.07) is 12.9. The van der Waals surface area contributed by atoms with Crippen LogP contribution in [-0.2, 0) is 4.79 Å². The largest absolute Gasteiger partial charge is 0.322 e. The molecule has 2 aromatic carbocycles. The van der Waals surface area contributed by atoms with Crippen LogP contribution in [0.4, 0.5) is 11.4 Å². The summed E-state index contributed by atoms with van der Waals surface area (Å²) in [4.78, 5) is 25.3. The second-order valence-corrected chi connectivity index (χ2v) is 9.67. The Morgan fingerprint density at radius 3 is 2.06 bits per heavy atom. The van der Waals surface area contributed by atoms with Gasteiger partial charge in [0, 0.05) is 22.5 Å². The number of hydrogen-bond donors (Lipinski definition) is 2. The molecular weight excluding hydrogens is 408 g/mol. The molecule has 172 valence electrons. The van der Waals surface area contributed by atoms with Gasteiger partial charge in [-0.1, -0.05) is 43.6 Å². The first kappa shape index (κ1) is 23.0. The van der Waals surface area contributed by atoms with Crippen LogP contribution in [0, 0.1) is 25.7 Å². The Morgan fingerprint density at radius 2 is 1.42 bits per heavy atom. The molecule has 2 N–H and O–H groups in total. The fourth-order valence-electron chi connectivity index (χ4n) is 4.75. The molecule has 0 atom stereocenters. The third kappa shape index (κ3) is 5.81. The number of benzene rings is 2. The number of nitrogens with one attached hydrogen (secondary N) is 2. The zero-order valence-corrected chi connectivity index (χ0v) is 19.9. The van der Waals surface area contributed by atoms with Gasteiger partial charge in [-0.25, -0.2) is 0 Å². The van der Waals surface area contributed by atoms with Crippen LogP contribution in [0.3, 0.4) is 0 Å². The summed E-state index contributed by atoms with van der Waals surface area (Å²) in [6.07, 6.45) is 11.2. The van der Waals surface area contributed by atoms with Gasteiger partial charge in [0.2, 0.25) is 0 Å². The summed E-state index contributed by atoms with van der Waals surface area (Å²) in [6.45, 7) is 6.42. The SMILES string of the molecule is Cc1ccc(NC(=O)c2ccc(NC(=O)C3=CC=C(C4CCC(C)CC4)CC3)cc2)cc1C. The van der Waals surface area contributed by atoms with Crippen molar-refractivity contribution >= 4 is 23.2 Å². The van der Waals surface area contributed by atoms with Gasteiger partial charge in [0.05, 0.1) is 0 Å². The lowest BCUT2D eigenvalue weighted by molar-refractivity contribution is -0.113. The molecule has 33 heavy (non-hydrogen) atoms. The molecule has 0 spiro atoms. The van der Waals surface area contributed by atoms with Gasteiger partial charge in [-0.15, -0.1) is 0 Å². The molecule has 4 nitrogen and oxygen atoms in total. The number of allylic oxidation sites excluding steroid dienone is 3. The highest BCUT2D eigenvalue weighted by atomic mass is 16.2. The number of aryl methyl sites for hydroxylation is 2. The Balaban J connectivity index is 1.33. The van der Waals surface area contributed by atoms with Crippen molar-refractivity contribution in [2.45, 2.75) is 59.3 Å². The van der Waals surface area contributed by atoms with Crippen molar-refractivity contribution in [2.75, 3.05) is 10.6 Å². The molecule has 0 saturated heterocycles. The quantitative estimate of drug-likeness (QED) is 0.525. The van der Waals surface area contributed by atoms with E-state index in [2.05, 4.69) is 23.6 Å². The van der Waals surface area contributed by atoms with Crippen molar-refractivity contribution < 1.29 is 9.59 Å². The minimum Gasteiger partial charge on any atom is -0.322 e. The van der Waals surface area contributed by atoms with Gasteiger partial charge in [-0.3, -0.25) is 9.59 Å². The van der Waals surface area contributed by atoms with Crippen molar-refractivity contribution in [3.63, 3.8) is 0 Å². The molecule has 2 aliphatic rings. The molecule has 0 bridgehead atoms. The molecule has 4 rings (SSSR count). The minimum atomic E-state index is -0.166. The molecule has 0 aromatic heterocycles. The first-order valence-electron chi connectivity index (χ1n) is 12.1. The molecule has 1 fully saturated rings. The molecule has 1 saturated carbocycles. The smallest absolute Gasteiger partial charge is 0.255 e. The Bertz CT molecular complexity index is 1090. The summed E-state index contributed by atoms with van der Waals surface area (Å²) in [5, 5.41) is 5.90. The summed E-state index contributed by atoms with van der Waals surface area (Å²) in [5.74, 6) is 1.33. The topological polar surface area (TPSA) is 58.2 Å². The van der Waals surface area contributed by atoms with Crippen molar-refractivity contribution in [1.29, 1.82) is 0 Å². The molecule has 2 amide bonds. The van der Waals surface area contributed by atoms with Gasteiger partial charge >= 0.3 is 0 Å². The maximum Gasteiger partial charge on any atom is 0.255 e. The highest BCUT2D eigenvalue weighted by molar-refractivity contribution is 6.06. The predicted octanol–water partition coefficient (Wildman–Crippen LogP) is 6.97. The molecule has 4 heteroatoms. The summed E-state index contributed by atoms with van der Waals surface area (Å²) >= 11 is 0. The summed E-state index contributed by atoms with van der Waals surface area (Å²) in [7, 11) is 0. The Hall–Kier alpha value is -3.14. The van der Waals surface area contributed by atoms with Crippen LogP contribution in [0.1, 0.15) is 66.9 Å².